The van der Waals surface area contributed by atoms with Crippen LogP contribution in [-0.4, -0.2) is 91.0 Å². The molecule has 4 atom stereocenters. The molecule has 15 heteroatoms. The molecule has 1 aliphatic rings. The molecule has 0 radical (unpaired) electrons. The number of carbonyl (C=O) groups excluding carboxylic acids is 4. The lowest BCUT2D eigenvalue weighted by atomic mass is 10.1. The Morgan fingerprint density at radius 3 is 2.30 bits per heavy atom. The van der Waals surface area contributed by atoms with Crippen LogP contribution in [0.25, 0.3) is 0 Å². The van der Waals surface area contributed by atoms with Gasteiger partial charge < -0.3 is 48.5 Å². The van der Waals surface area contributed by atoms with Crippen molar-refractivity contribution >= 4 is 35.6 Å². The minimum atomic E-state index is -1.19. The van der Waals surface area contributed by atoms with Gasteiger partial charge in [-0.2, -0.15) is 0 Å². The molecule has 15 nitrogen and oxygen atoms in total. The predicted octanol–water partition coefficient (Wildman–Crippen LogP) is -3.19. The fourth-order valence-corrected chi connectivity index (χ4v) is 3.67. The Morgan fingerprint density at radius 2 is 1.70 bits per heavy atom. The molecule has 0 aromatic heterocycles. The fourth-order valence-electron chi connectivity index (χ4n) is 3.67. The lowest BCUT2D eigenvalue weighted by Crippen LogP contribution is -2.55. The molecule has 0 spiro atoms. The summed E-state index contributed by atoms with van der Waals surface area (Å²) >= 11 is 0. The van der Waals surface area contributed by atoms with Crippen LogP contribution in [0.2, 0.25) is 0 Å². The number of rotatable bonds is 17. The predicted molar refractivity (Wildman–Crippen MR) is 135 cm³/mol. The van der Waals surface area contributed by atoms with Crippen molar-refractivity contribution < 1.29 is 29.1 Å². The number of carbonyl (C=O) groups is 5. The first-order chi connectivity index (χ1) is 17.5. The molecule has 210 valence electrons. The normalized spacial score (nSPS) is 17.1. The summed E-state index contributed by atoms with van der Waals surface area (Å²) in [6, 6.07) is -3.43. The van der Waals surface area contributed by atoms with E-state index in [1.54, 1.807) is 0 Å². The van der Waals surface area contributed by atoms with Gasteiger partial charge in [-0.25, -0.2) is 4.79 Å². The highest BCUT2D eigenvalue weighted by Gasteiger charge is 2.28. The topological polar surface area (TPSA) is 254 Å². The van der Waals surface area contributed by atoms with Gasteiger partial charge >= 0.3 is 5.97 Å². The first-order valence-electron chi connectivity index (χ1n) is 12.5. The number of amides is 4. The second-order valence-electron chi connectivity index (χ2n) is 8.88. The third kappa shape index (κ3) is 12.9. The van der Waals surface area contributed by atoms with Crippen molar-refractivity contribution in [3.63, 3.8) is 0 Å². The zero-order valence-corrected chi connectivity index (χ0v) is 21.2. The Labute approximate surface area is 216 Å². The van der Waals surface area contributed by atoms with Gasteiger partial charge in [0.1, 0.15) is 18.1 Å². The van der Waals surface area contributed by atoms with Crippen LogP contribution in [0.3, 0.4) is 0 Å². The van der Waals surface area contributed by atoms with Crippen molar-refractivity contribution in [3.8, 4) is 0 Å². The summed E-state index contributed by atoms with van der Waals surface area (Å²) in [6.45, 7) is 2.42. The first-order valence-corrected chi connectivity index (χ1v) is 12.5. The number of unbranched alkanes of at least 4 members (excludes halogenated alkanes) is 1. The molecule has 1 aliphatic heterocycles. The molecule has 1 saturated heterocycles. The van der Waals surface area contributed by atoms with Gasteiger partial charge in [0.25, 0.3) is 0 Å². The number of hydrogen-bond donors (Lipinski definition) is 10. The van der Waals surface area contributed by atoms with E-state index in [0.717, 1.165) is 13.0 Å². The van der Waals surface area contributed by atoms with E-state index >= 15 is 0 Å². The summed E-state index contributed by atoms with van der Waals surface area (Å²) in [4.78, 5) is 61.3. The summed E-state index contributed by atoms with van der Waals surface area (Å²) in [5.74, 6) is -3.66. The molecule has 0 bridgehead atoms. The van der Waals surface area contributed by atoms with Crippen LogP contribution in [0.1, 0.15) is 51.9 Å². The van der Waals surface area contributed by atoms with E-state index in [2.05, 4.69) is 31.9 Å². The van der Waals surface area contributed by atoms with Gasteiger partial charge in [0, 0.05) is 6.54 Å². The monoisotopic (exact) mass is 527 g/mol. The molecule has 4 amide bonds. The van der Waals surface area contributed by atoms with Crippen LogP contribution in [0.5, 0.6) is 0 Å². The van der Waals surface area contributed by atoms with Gasteiger partial charge in [-0.3, -0.25) is 24.6 Å². The van der Waals surface area contributed by atoms with Crippen LogP contribution < -0.4 is 43.4 Å². The molecule has 37 heavy (non-hydrogen) atoms. The Bertz CT molecular complexity index is 804. The van der Waals surface area contributed by atoms with Gasteiger partial charge in [-0.05, 0) is 65.0 Å². The standard InChI is InChI=1S/C22H41N9O6/c1-13(29-20(35)14-7-4-10-26-14)18(33)31-15(8-5-11-27-22(24)25)19(34)28-12-17(32)30-16(21(36)37)6-2-3-9-23/h13-16,26H,2-12,23H2,1H3,(H,28,34)(H,29,35)(H,30,32)(H,31,33)(H,36,37)(H4,24,25,27)/t13-,14-,15-,16-/m0/s1. The number of carboxylic acid groups (broad SMARTS) is 1. The Balaban J connectivity index is 2.67. The minimum Gasteiger partial charge on any atom is -0.480 e. The molecule has 0 saturated carbocycles. The van der Waals surface area contributed by atoms with Crippen molar-refractivity contribution in [2.75, 3.05) is 26.2 Å². The number of hydrogen-bond acceptors (Lipinski definition) is 8. The zero-order chi connectivity index (χ0) is 27.8. The number of nitrogens with two attached hydrogens (primary N) is 2. The van der Waals surface area contributed by atoms with E-state index in [4.69, 9.17) is 16.9 Å². The average Bonchev–Trinajstić information content (AvgIpc) is 3.38. The molecule has 0 unspecified atom stereocenters. The smallest absolute Gasteiger partial charge is 0.326 e. The average molecular weight is 528 g/mol. The van der Waals surface area contributed by atoms with Gasteiger partial charge in [0.2, 0.25) is 23.6 Å². The lowest BCUT2D eigenvalue weighted by Gasteiger charge is -2.22. The highest BCUT2D eigenvalue weighted by atomic mass is 16.4. The van der Waals surface area contributed by atoms with Crippen molar-refractivity contribution in [2.24, 2.45) is 11.5 Å². The molecular weight excluding hydrogens is 486 g/mol. The van der Waals surface area contributed by atoms with Crippen molar-refractivity contribution in [3.05, 3.63) is 0 Å². The summed E-state index contributed by atoms with van der Waals surface area (Å²) in [5, 5.41) is 32.1. The van der Waals surface area contributed by atoms with Crippen LogP contribution >= 0.6 is 0 Å². The second kappa shape index (κ2) is 17.1. The lowest BCUT2D eigenvalue weighted by molar-refractivity contribution is -0.142. The van der Waals surface area contributed by atoms with Gasteiger partial charge in [-0.15, -0.1) is 0 Å². The molecule has 12 N–H and O–H groups in total. The number of aliphatic carboxylic acids is 1. The van der Waals surface area contributed by atoms with E-state index in [1.165, 1.54) is 6.92 Å². The maximum absolute atomic E-state index is 12.8. The van der Waals surface area contributed by atoms with Crippen molar-refractivity contribution in [2.45, 2.75) is 76.0 Å². The summed E-state index contributed by atoms with van der Waals surface area (Å²) in [6.07, 6.45) is 3.39. The third-order valence-corrected chi connectivity index (χ3v) is 5.75. The molecule has 1 heterocycles. The molecule has 1 fully saturated rings. The van der Waals surface area contributed by atoms with Crippen LogP contribution in [0.15, 0.2) is 0 Å². The molecule has 0 aliphatic carbocycles. The minimum absolute atomic E-state index is 0.154. The molecule has 0 aromatic rings. The Hall–Kier alpha value is -3.46. The van der Waals surface area contributed by atoms with Crippen LogP contribution in [-0.2, 0) is 24.0 Å². The maximum Gasteiger partial charge on any atom is 0.326 e. The Kier molecular flexibility index (Phi) is 14.6. The Morgan fingerprint density at radius 1 is 1.00 bits per heavy atom. The van der Waals surface area contributed by atoms with Gasteiger partial charge in [0.05, 0.1) is 12.6 Å². The molecule has 0 aromatic carbocycles. The zero-order valence-electron chi connectivity index (χ0n) is 21.2. The maximum atomic E-state index is 12.8. The summed E-state index contributed by atoms with van der Waals surface area (Å²) < 4.78 is 0. The SMILES string of the molecule is C[C@H](NC(=O)[C@@H]1CCCN1)C(=O)N[C@@H](CCCNC(=N)N)C(=O)NCC(=O)N[C@@H](CCCCN)C(=O)O. The van der Waals surface area contributed by atoms with Crippen molar-refractivity contribution in [1.82, 2.24) is 31.9 Å². The quantitative estimate of drug-likeness (QED) is 0.0515. The highest BCUT2D eigenvalue weighted by molar-refractivity contribution is 5.94. The van der Waals surface area contributed by atoms with Gasteiger partial charge in [0.15, 0.2) is 5.96 Å². The molecule has 1 rings (SSSR count). The fraction of sp³-hybridized carbons (Fsp3) is 0.727. The van der Waals surface area contributed by atoms with E-state index in [9.17, 15) is 29.1 Å². The largest absolute Gasteiger partial charge is 0.480 e. The van der Waals surface area contributed by atoms with Crippen LogP contribution in [0.4, 0.5) is 0 Å². The number of guanidine groups is 1. The van der Waals surface area contributed by atoms with E-state index in [-0.39, 0.29) is 37.3 Å². The second-order valence-corrected chi connectivity index (χ2v) is 8.88. The van der Waals surface area contributed by atoms with Crippen LogP contribution in [0, 0.1) is 5.41 Å². The van der Waals surface area contributed by atoms with Crippen molar-refractivity contribution in [1.29, 1.82) is 5.41 Å². The van der Waals surface area contributed by atoms with E-state index < -0.39 is 48.4 Å². The van der Waals surface area contributed by atoms with E-state index in [0.29, 0.717) is 32.2 Å². The first kappa shape index (κ1) is 31.6. The third-order valence-electron chi connectivity index (χ3n) is 5.75. The summed E-state index contributed by atoms with van der Waals surface area (Å²) in [7, 11) is 0. The summed E-state index contributed by atoms with van der Waals surface area (Å²) in [5.41, 5.74) is 10.7. The van der Waals surface area contributed by atoms with Gasteiger partial charge in [-0.1, -0.05) is 0 Å². The molecular formula is C22H41N9O6. The number of carboxylic acids is 1. The van der Waals surface area contributed by atoms with E-state index in [1.807, 2.05) is 0 Å². The highest BCUT2D eigenvalue weighted by Crippen LogP contribution is 2.05. The number of nitrogens with one attached hydrogen (secondary N) is 7.